The second kappa shape index (κ2) is 6.71. The summed E-state index contributed by atoms with van der Waals surface area (Å²) in [6.07, 6.45) is 3.65. The SMILES string of the molecule is CC(Sc1ncc2ccccn12)C(=O)Nc1ccc([N+](=O)[O-])cc1. The molecule has 0 aliphatic rings. The van der Waals surface area contributed by atoms with Gasteiger partial charge in [0.15, 0.2) is 5.16 Å². The van der Waals surface area contributed by atoms with Crippen LogP contribution in [0.1, 0.15) is 6.92 Å². The van der Waals surface area contributed by atoms with Gasteiger partial charge >= 0.3 is 0 Å². The second-order valence-corrected chi connectivity index (χ2v) is 6.40. The van der Waals surface area contributed by atoms with E-state index in [1.54, 1.807) is 13.1 Å². The van der Waals surface area contributed by atoms with Crippen LogP contribution in [0.5, 0.6) is 0 Å². The van der Waals surface area contributed by atoms with E-state index >= 15 is 0 Å². The van der Waals surface area contributed by atoms with E-state index < -0.39 is 4.92 Å². The molecule has 1 aromatic carbocycles. The monoisotopic (exact) mass is 342 g/mol. The van der Waals surface area contributed by atoms with Gasteiger partial charge in [-0.2, -0.15) is 0 Å². The Morgan fingerprint density at radius 2 is 2.04 bits per heavy atom. The fourth-order valence-electron chi connectivity index (χ4n) is 2.13. The number of rotatable bonds is 5. The van der Waals surface area contributed by atoms with Crippen molar-refractivity contribution in [2.75, 3.05) is 5.32 Å². The quantitative estimate of drug-likeness (QED) is 0.436. The molecule has 1 amide bonds. The first-order valence-electron chi connectivity index (χ1n) is 7.18. The predicted molar refractivity (Wildman–Crippen MR) is 92.2 cm³/mol. The van der Waals surface area contributed by atoms with Gasteiger partial charge in [-0.1, -0.05) is 17.8 Å². The highest BCUT2D eigenvalue weighted by atomic mass is 32.2. The van der Waals surface area contributed by atoms with Crippen LogP contribution in [0.4, 0.5) is 11.4 Å². The van der Waals surface area contributed by atoms with Crippen LogP contribution in [-0.4, -0.2) is 25.5 Å². The number of amides is 1. The number of pyridine rings is 1. The lowest BCUT2D eigenvalue weighted by Gasteiger charge is -2.11. The number of benzene rings is 1. The van der Waals surface area contributed by atoms with Crippen molar-refractivity contribution >= 4 is 34.6 Å². The van der Waals surface area contributed by atoms with Crippen molar-refractivity contribution in [3.8, 4) is 0 Å². The molecule has 7 nitrogen and oxygen atoms in total. The van der Waals surface area contributed by atoms with E-state index in [4.69, 9.17) is 0 Å². The van der Waals surface area contributed by atoms with Gasteiger partial charge in [0, 0.05) is 24.0 Å². The molecule has 3 aromatic rings. The molecule has 2 aromatic heterocycles. The van der Waals surface area contributed by atoms with Crippen molar-refractivity contribution in [3.63, 3.8) is 0 Å². The molecule has 1 unspecified atom stereocenters. The standard InChI is InChI=1S/C16H14N4O3S/c1-11(24-16-17-10-14-4-2-3-9-19(14)16)15(21)18-12-5-7-13(8-6-12)20(22)23/h2-11H,1H3,(H,18,21). The van der Waals surface area contributed by atoms with Gasteiger partial charge in [-0.05, 0) is 31.2 Å². The van der Waals surface area contributed by atoms with Crippen LogP contribution in [-0.2, 0) is 4.79 Å². The van der Waals surface area contributed by atoms with Crippen molar-refractivity contribution in [1.82, 2.24) is 9.38 Å². The van der Waals surface area contributed by atoms with Crippen LogP contribution in [0.2, 0.25) is 0 Å². The molecular weight excluding hydrogens is 328 g/mol. The maximum absolute atomic E-state index is 12.3. The molecule has 1 N–H and O–H groups in total. The molecule has 0 saturated heterocycles. The van der Waals surface area contributed by atoms with Crippen molar-refractivity contribution in [3.05, 3.63) is 65.0 Å². The summed E-state index contributed by atoms with van der Waals surface area (Å²) in [5.74, 6) is -0.193. The summed E-state index contributed by atoms with van der Waals surface area (Å²) in [5.41, 5.74) is 1.47. The first-order valence-corrected chi connectivity index (χ1v) is 8.06. The zero-order chi connectivity index (χ0) is 17.1. The number of hydrogen-bond donors (Lipinski definition) is 1. The summed E-state index contributed by atoms with van der Waals surface area (Å²) in [7, 11) is 0. The minimum absolute atomic E-state index is 0.0146. The molecule has 24 heavy (non-hydrogen) atoms. The number of nitrogens with zero attached hydrogens (tertiary/aromatic N) is 3. The molecule has 0 spiro atoms. The summed E-state index contributed by atoms with van der Waals surface area (Å²) < 4.78 is 1.92. The van der Waals surface area contributed by atoms with Crippen LogP contribution in [0, 0.1) is 10.1 Å². The number of nitro groups is 1. The van der Waals surface area contributed by atoms with E-state index in [2.05, 4.69) is 10.3 Å². The number of nitrogens with one attached hydrogen (secondary N) is 1. The molecule has 1 atom stereocenters. The number of nitro benzene ring substituents is 1. The average Bonchev–Trinajstić information content (AvgIpc) is 2.98. The van der Waals surface area contributed by atoms with E-state index in [9.17, 15) is 14.9 Å². The Labute approximate surface area is 141 Å². The van der Waals surface area contributed by atoms with Gasteiger partial charge in [-0.3, -0.25) is 19.3 Å². The van der Waals surface area contributed by atoms with Gasteiger partial charge < -0.3 is 5.32 Å². The fourth-order valence-corrected chi connectivity index (χ4v) is 3.00. The number of aromatic nitrogens is 2. The Morgan fingerprint density at radius 3 is 2.75 bits per heavy atom. The minimum atomic E-state index is -0.479. The summed E-state index contributed by atoms with van der Waals surface area (Å²) in [6, 6.07) is 11.5. The van der Waals surface area contributed by atoms with Crippen molar-refractivity contribution in [1.29, 1.82) is 0 Å². The third-order valence-corrected chi connectivity index (χ3v) is 4.48. The van der Waals surface area contributed by atoms with Gasteiger partial charge in [-0.25, -0.2) is 4.98 Å². The Hall–Kier alpha value is -2.87. The number of carbonyl (C=O) groups excluding carboxylic acids is 1. The summed E-state index contributed by atoms with van der Waals surface area (Å²) >= 11 is 1.35. The molecule has 0 bridgehead atoms. The lowest BCUT2D eigenvalue weighted by Crippen LogP contribution is -2.22. The van der Waals surface area contributed by atoms with E-state index in [1.807, 2.05) is 28.8 Å². The molecular formula is C16H14N4O3S. The van der Waals surface area contributed by atoms with Crippen LogP contribution in [0.3, 0.4) is 0 Å². The van der Waals surface area contributed by atoms with Gasteiger partial charge in [0.1, 0.15) is 0 Å². The second-order valence-electron chi connectivity index (χ2n) is 5.09. The Bertz CT molecular complexity index is 892. The molecule has 0 radical (unpaired) electrons. The molecule has 2 heterocycles. The van der Waals surface area contributed by atoms with Crippen molar-refractivity contribution in [2.45, 2.75) is 17.3 Å². The number of hydrogen-bond acceptors (Lipinski definition) is 5. The van der Waals surface area contributed by atoms with E-state index in [0.717, 1.165) is 10.7 Å². The molecule has 8 heteroatoms. The van der Waals surface area contributed by atoms with Gasteiger partial charge in [-0.15, -0.1) is 0 Å². The third-order valence-electron chi connectivity index (χ3n) is 3.40. The average molecular weight is 342 g/mol. The number of carbonyl (C=O) groups is 1. The summed E-state index contributed by atoms with van der Waals surface area (Å²) in [5, 5.41) is 13.7. The van der Waals surface area contributed by atoms with Crippen LogP contribution in [0.25, 0.3) is 5.52 Å². The zero-order valence-corrected chi connectivity index (χ0v) is 13.6. The van der Waals surface area contributed by atoms with Crippen LogP contribution >= 0.6 is 11.8 Å². The number of non-ortho nitro benzene ring substituents is 1. The number of fused-ring (bicyclic) bond motifs is 1. The normalized spacial score (nSPS) is 12.0. The summed E-state index contributed by atoms with van der Waals surface area (Å²) in [4.78, 5) is 26.8. The number of thioether (sulfide) groups is 1. The smallest absolute Gasteiger partial charge is 0.269 e. The maximum atomic E-state index is 12.3. The number of imidazole rings is 1. The van der Waals surface area contributed by atoms with E-state index in [1.165, 1.54) is 36.0 Å². The highest BCUT2D eigenvalue weighted by molar-refractivity contribution is 8.00. The predicted octanol–water partition coefficient (Wildman–Crippen LogP) is 3.36. The van der Waals surface area contributed by atoms with Crippen LogP contribution in [0.15, 0.2) is 60.0 Å². The first kappa shape index (κ1) is 16.0. The van der Waals surface area contributed by atoms with Crippen LogP contribution < -0.4 is 5.32 Å². The maximum Gasteiger partial charge on any atom is 0.269 e. The highest BCUT2D eigenvalue weighted by Gasteiger charge is 2.17. The Kier molecular flexibility index (Phi) is 4.48. The number of anilines is 1. The molecule has 0 aliphatic heterocycles. The van der Waals surface area contributed by atoms with Crippen molar-refractivity contribution < 1.29 is 9.72 Å². The van der Waals surface area contributed by atoms with Gasteiger partial charge in [0.05, 0.1) is 21.9 Å². The zero-order valence-electron chi connectivity index (χ0n) is 12.7. The van der Waals surface area contributed by atoms with E-state index in [-0.39, 0.29) is 16.8 Å². The van der Waals surface area contributed by atoms with Gasteiger partial charge in [0.2, 0.25) is 5.91 Å². The lowest BCUT2D eigenvalue weighted by molar-refractivity contribution is -0.384. The first-order chi connectivity index (χ1) is 11.5. The molecule has 0 fully saturated rings. The third kappa shape index (κ3) is 3.38. The lowest BCUT2D eigenvalue weighted by atomic mass is 10.3. The Balaban J connectivity index is 1.67. The Morgan fingerprint density at radius 1 is 1.29 bits per heavy atom. The van der Waals surface area contributed by atoms with Crippen molar-refractivity contribution in [2.24, 2.45) is 0 Å². The highest BCUT2D eigenvalue weighted by Crippen LogP contribution is 2.24. The molecule has 3 rings (SSSR count). The fraction of sp³-hybridized carbons (Fsp3) is 0.125. The largest absolute Gasteiger partial charge is 0.325 e. The molecule has 0 saturated carbocycles. The van der Waals surface area contributed by atoms with E-state index in [0.29, 0.717) is 5.69 Å². The summed E-state index contributed by atoms with van der Waals surface area (Å²) in [6.45, 7) is 1.79. The molecule has 0 aliphatic carbocycles. The van der Waals surface area contributed by atoms with Gasteiger partial charge in [0.25, 0.3) is 5.69 Å². The minimum Gasteiger partial charge on any atom is -0.325 e. The molecule has 122 valence electrons. The topological polar surface area (TPSA) is 89.5 Å².